The average Bonchev–Trinajstić information content (AvgIpc) is 3.97. The first-order valence-electron chi connectivity index (χ1n) is 17.7. The van der Waals surface area contributed by atoms with Crippen LogP contribution in [0.2, 0.25) is 0 Å². The molecule has 0 amide bonds. The van der Waals surface area contributed by atoms with Crippen LogP contribution in [0.15, 0.2) is 154 Å². The first-order valence-corrected chi connectivity index (χ1v) is 20.5. The van der Waals surface area contributed by atoms with E-state index in [-0.39, 0.29) is 24.8 Å². The van der Waals surface area contributed by atoms with E-state index in [1.807, 2.05) is 13.8 Å². The molecule has 2 nitrogen and oxygen atoms in total. The Kier molecular flexibility index (Phi) is 9.54. The fourth-order valence-electron chi connectivity index (χ4n) is 8.33. The van der Waals surface area contributed by atoms with E-state index in [2.05, 4.69) is 158 Å². The molecule has 2 aliphatic carbocycles. The molecule has 0 saturated carbocycles. The van der Waals surface area contributed by atoms with Crippen LogP contribution >= 0.6 is 0 Å². The number of rotatable bonds is 6. The number of fused-ring (bicyclic) bond motifs is 4. The monoisotopic (exact) mass is 802 g/mol. The summed E-state index contributed by atoms with van der Waals surface area (Å²) in [4.78, 5) is 0. The number of aryl methyl sites for hydroxylation is 2. The third-order valence-electron chi connectivity index (χ3n) is 10.7. The van der Waals surface area contributed by atoms with E-state index in [1.165, 1.54) is 77.2 Å². The Bertz CT molecular complexity index is 2530. The minimum atomic E-state index is -1.36. The van der Waals surface area contributed by atoms with Crippen molar-refractivity contribution in [1.82, 2.24) is 0 Å². The summed E-state index contributed by atoms with van der Waals surface area (Å²) >= 11 is -1.36. The van der Waals surface area contributed by atoms with Gasteiger partial charge in [-0.3, -0.25) is 0 Å². The van der Waals surface area contributed by atoms with Gasteiger partial charge in [0, 0.05) is 0 Å². The normalized spacial score (nSPS) is 15.6. The van der Waals surface area contributed by atoms with Crippen molar-refractivity contribution < 1.29 is 56.9 Å². The maximum Gasteiger partial charge on any atom is -1.00 e. The van der Waals surface area contributed by atoms with Gasteiger partial charge in [-0.1, -0.05) is 0 Å². The quantitative estimate of drug-likeness (QED) is 0.179. The van der Waals surface area contributed by atoms with E-state index in [4.69, 9.17) is 8.83 Å². The zero-order chi connectivity index (χ0) is 34.1. The Morgan fingerprint density at radius 2 is 0.811 bits per heavy atom. The molecule has 8 aromatic rings. The summed E-state index contributed by atoms with van der Waals surface area (Å²) in [5.41, 5.74) is 13.2. The summed E-state index contributed by atoms with van der Waals surface area (Å²) in [6.45, 7) is 4.09. The van der Waals surface area contributed by atoms with E-state index >= 15 is 0 Å². The molecule has 2 aliphatic rings. The molecule has 5 heteroatoms. The van der Waals surface area contributed by atoms with Crippen molar-refractivity contribution in [2.75, 3.05) is 0 Å². The van der Waals surface area contributed by atoms with Crippen molar-refractivity contribution in [3.63, 3.8) is 0 Å². The number of benzene rings is 6. The van der Waals surface area contributed by atoms with Gasteiger partial charge in [0.2, 0.25) is 0 Å². The maximum absolute atomic E-state index is 6.44. The molecule has 0 radical (unpaired) electrons. The van der Waals surface area contributed by atoms with E-state index < -0.39 is 23.2 Å². The smallest absolute Gasteiger partial charge is 1.00 e. The van der Waals surface area contributed by atoms with Gasteiger partial charge in [0.05, 0.1) is 0 Å². The van der Waals surface area contributed by atoms with Gasteiger partial charge in [-0.05, 0) is 0 Å². The van der Waals surface area contributed by atoms with Gasteiger partial charge >= 0.3 is 311 Å². The van der Waals surface area contributed by atoms with E-state index in [0.29, 0.717) is 7.25 Å². The Labute approximate surface area is 333 Å². The first kappa shape index (κ1) is 35.4. The van der Waals surface area contributed by atoms with Crippen molar-refractivity contribution in [3.8, 4) is 22.3 Å². The maximum atomic E-state index is 6.44. The SMILES string of the molecule is Cc1ccc(C2=Cc3c(-c4cccc5ccccc45)cccc3[CH]2[Zr+2][CH]2C(c3ccc(C)o3)=Cc3c(-c4cccc5ccccc45)cccc32)o1.[Cl-].[Cl-]. The molecule has 2 heterocycles. The molecule has 0 N–H and O–H groups in total. The second-order valence-electron chi connectivity index (χ2n) is 13.7. The number of furan rings is 2. The van der Waals surface area contributed by atoms with Gasteiger partial charge in [0.25, 0.3) is 0 Å². The predicted molar refractivity (Wildman–Crippen MR) is 207 cm³/mol. The van der Waals surface area contributed by atoms with Crippen LogP contribution in [0.5, 0.6) is 0 Å². The molecule has 256 valence electrons. The third kappa shape index (κ3) is 6.00. The van der Waals surface area contributed by atoms with Gasteiger partial charge in [-0.25, -0.2) is 0 Å². The Hall–Kier alpha value is -4.66. The summed E-state index contributed by atoms with van der Waals surface area (Å²) in [5.74, 6) is 3.86. The number of hydrogen-bond acceptors (Lipinski definition) is 2. The van der Waals surface area contributed by atoms with Crippen LogP contribution in [0, 0.1) is 13.8 Å². The van der Waals surface area contributed by atoms with Crippen molar-refractivity contribution in [2.24, 2.45) is 0 Å². The van der Waals surface area contributed by atoms with Crippen molar-refractivity contribution in [1.29, 1.82) is 0 Å². The Balaban J connectivity index is 0.00000200. The Morgan fingerprint density at radius 1 is 0.415 bits per heavy atom. The van der Waals surface area contributed by atoms with Crippen molar-refractivity contribution in [2.45, 2.75) is 21.1 Å². The Morgan fingerprint density at radius 3 is 1.25 bits per heavy atom. The zero-order valence-corrected chi connectivity index (χ0v) is 33.2. The molecule has 6 aromatic carbocycles. The van der Waals surface area contributed by atoms with Crippen LogP contribution in [-0.2, 0) is 23.2 Å². The minimum absolute atomic E-state index is 0. The van der Waals surface area contributed by atoms with Crippen LogP contribution in [0.1, 0.15) is 52.5 Å². The van der Waals surface area contributed by atoms with Crippen LogP contribution in [-0.4, -0.2) is 0 Å². The van der Waals surface area contributed by atoms with Crippen LogP contribution in [0.4, 0.5) is 0 Å². The van der Waals surface area contributed by atoms with Gasteiger partial charge in [-0.15, -0.1) is 0 Å². The fourth-order valence-corrected chi connectivity index (χ4v) is 13.3. The summed E-state index contributed by atoms with van der Waals surface area (Å²) in [6.07, 6.45) is 4.89. The number of halogens is 2. The molecule has 2 unspecified atom stereocenters. The van der Waals surface area contributed by atoms with E-state index in [0.717, 1.165) is 23.0 Å². The summed E-state index contributed by atoms with van der Waals surface area (Å²) < 4.78 is 13.5. The standard InChI is InChI=1S/2C24H17O.2ClH.Zr/c2*1-16-12-13-24(25-16)19-14-18-8-5-11-22(23(18)15-19)21-10-4-7-17-6-2-3-9-20(17)21;;;/h2*2-15H,1H3;2*1H;/q;;;;+2/p-2. The molecular weight excluding hydrogens is 771 g/mol. The van der Waals surface area contributed by atoms with Gasteiger partial charge in [-0.2, -0.15) is 0 Å². The number of allylic oxidation sites excluding steroid dienone is 2. The van der Waals surface area contributed by atoms with Crippen molar-refractivity contribution in [3.05, 3.63) is 191 Å². The third-order valence-corrected chi connectivity index (χ3v) is 15.4. The van der Waals surface area contributed by atoms with E-state index in [9.17, 15) is 0 Å². The summed E-state index contributed by atoms with van der Waals surface area (Å²) in [5, 5.41) is 5.09. The second kappa shape index (κ2) is 14.3. The average molecular weight is 805 g/mol. The van der Waals surface area contributed by atoms with Gasteiger partial charge < -0.3 is 24.8 Å². The van der Waals surface area contributed by atoms with Gasteiger partial charge in [0.15, 0.2) is 0 Å². The summed E-state index contributed by atoms with van der Waals surface area (Å²) in [6, 6.07) is 53.2. The number of hydrogen-bond donors (Lipinski definition) is 0. The van der Waals surface area contributed by atoms with Crippen LogP contribution in [0.25, 0.3) is 67.1 Å². The topological polar surface area (TPSA) is 26.3 Å². The van der Waals surface area contributed by atoms with Gasteiger partial charge in [0.1, 0.15) is 0 Å². The predicted octanol–water partition coefficient (Wildman–Crippen LogP) is 7.11. The molecule has 2 aromatic heterocycles. The molecular formula is C48H34Cl2O2Zr. The second-order valence-corrected chi connectivity index (χ2v) is 17.4. The molecule has 0 fully saturated rings. The minimum Gasteiger partial charge on any atom is -1.00 e. The first-order chi connectivity index (χ1) is 25.1. The summed E-state index contributed by atoms with van der Waals surface area (Å²) in [7, 11) is 0. The molecule has 0 bridgehead atoms. The van der Waals surface area contributed by atoms with Crippen LogP contribution in [0.3, 0.4) is 0 Å². The zero-order valence-electron chi connectivity index (χ0n) is 29.2. The molecule has 10 rings (SSSR count). The fraction of sp³-hybridized carbons (Fsp3) is 0.0833. The molecule has 0 saturated heterocycles. The molecule has 0 aliphatic heterocycles. The van der Waals surface area contributed by atoms with E-state index in [1.54, 1.807) is 0 Å². The van der Waals surface area contributed by atoms with Crippen LogP contribution < -0.4 is 24.8 Å². The largest absolute Gasteiger partial charge is 1.00 e. The molecule has 2 atom stereocenters. The molecule has 0 spiro atoms. The molecule has 53 heavy (non-hydrogen) atoms. The van der Waals surface area contributed by atoms with Crippen molar-refractivity contribution >= 4 is 44.8 Å².